The topological polar surface area (TPSA) is 12.0 Å². The predicted molar refractivity (Wildman–Crippen MR) is 84.6 cm³/mol. The molecular weight excluding hydrogens is 254 g/mol. The van der Waals surface area contributed by atoms with E-state index in [-0.39, 0.29) is 5.41 Å². The van der Waals surface area contributed by atoms with Crippen molar-refractivity contribution >= 4 is 23.0 Å². The molecule has 0 spiro atoms. The minimum atomic E-state index is 0.180. The number of nitrogens with one attached hydrogen (secondary N) is 1. The summed E-state index contributed by atoms with van der Waals surface area (Å²) in [6, 6.07) is 14.3. The number of rotatable bonds is 2. The van der Waals surface area contributed by atoms with Crippen molar-refractivity contribution in [3.63, 3.8) is 0 Å². The zero-order valence-electron chi connectivity index (χ0n) is 11.9. The van der Waals surface area contributed by atoms with Crippen LogP contribution in [-0.2, 0) is 5.41 Å². The Balaban J connectivity index is 2.27. The highest BCUT2D eigenvalue weighted by Gasteiger charge is 2.14. The van der Waals surface area contributed by atoms with Crippen molar-refractivity contribution in [2.75, 3.05) is 5.32 Å². The van der Waals surface area contributed by atoms with E-state index >= 15 is 0 Å². The van der Waals surface area contributed by atoms with Crippen LogP contribution < -0.4 is 5.32 Å². The molecule has 2 aromatic rings. The molecule has 1 N–H and O–H groups in total. The van der Waals surface area contributed by atoms with Crippen molar-refractivity contribution in [1.82, 2.24) is 0 Å². The Morgan fingerprint density at radius 3 is 2.32 bits per heavy atom. The first-order valence-corrected chi connectivity index (χ1v) is 6.88. The number of benzene rings is 2. The van der Waals surface area contributed by atoms with Crippen molar-refractivity contribution in [1.29, 1.82) is 0 Å². The van der Waals surface area contributed by atoms with Crippen molar-refractivity contribution in [3.05, 3.63) is 58.6 Å². The van der Waals surface area contributed by atoms with Crippen LogP contribution in [0.3, 0.4) is 0 Å². The lowest BCUT2D eigenvalue weighted by Crippen LogP contribution is -2.11. The van der Waals surface area contributed by atoms with Gasteiger partial charge in [0.15, 0.2) is 0 Å². The SMILES string of the molecule is Cc1cc(C(C)(C)C)ccc1Nc1cccc(Cl)c1. The summed E-state index contributed by atoms with van der Waals surface area (Å²) in [4.78, 5) is 0. The average molecular weight is 274 g/mol. The van der Waals surface area contributed by atoms with E-state index in [4.69, 9.17) is 11.6 Å². The lowest BCUT2D eigenvalue weighted by molar-refractivity contribution is 0.590. The smallest absolute Gasteiger partial charge is 0.0426 e. The molecule has 0 aromatic heterocycles. The van der Waals surface area contributed by atoms with Crippen LogP contribution in [0, 0.1) is 6.92 Å². The molecule has 0 saturated heterocycles. The molecule has 1 nitrogen and oxygen atoms in total. The monoisotopic (exact) mass is 273 g/mol. The summed E-state index contributed by atoms with van der Waals surface area (Å²) >= 11 is 6.00. The fourth-order valence-corrected chi connectivity index (χ4v) is 2.18. The van der Waals surface area contributed by atoms with E-state index in [1.165, 1.54) is 11.1 Å². The zero-order chi connectivity index (χ0) is 14.0. The Bertz CT molecular complexity index is 582. The highest BCUT2D eigenvalue weighted by Crippen LogP contribution is 2.28. The van der Waals surface area contributed by atoms with Crippen molar-refractivity contribution in [2.45, 2.75) is 33.1 Å². The zero-order valence-corrected chi connectivity index (χ0v) is 12.7. The Labute approximate surface area is 120 Å². The van der Waals surface area contributed by atoms with Gasteiger partial charge in [-0.1, -0.05) is 50.6 Å². The molecule has 0 bridgehead atoms. The molecule has 0 radical (unpaired) electrons. The van der Waals surface area contributed by atoms with Crippen LogP contribution in [-0.4, -0.2) is 0 Å². The highest BCUT2D eigenvalue weighted by molar-refractivity contribution is 6.30. The van der Waals surface area contributed by atoms with E-state index in [0.717, 1.165) is 16.4 Å². The molecule has 2 heteroatoms. The molecule has 100 valence electrons. The average Bonchev–Trinajstić information content (AvgIpc) is 2.30. The second-order valence-corrected chi connectivity index (χ2v) is 6.35. The molecule has 0 amide bonds. The summed E-state index contributed by atoms with van der Waals surface area (Å²) in [6.07, 6.45) is 0. The Hall–Kier alpha value is -1.47. The number of anilines is 2. The third-order valence-electron chi connectivity index (χ3n) is 3.20. The molecule has 19 heavy (non-hydrogen) atoms. The van der Waals surface area contributed by atoms with Gasteiger partial charge in [-0.3, -0.25) is 0 Å². The molecule has 0 atom stereocenters. The number of aryl methyl sites for hydroxylation is 1. The van der Waals surface area contributed by atoms with Gasteiger partial charge < -0.3 is 5.32 Å². The predicted octanol–water partition coefficient (Wildman–Crippen LogP) is 5.69. The van der Waals surface area contributed by atoms with Crippen LogP contribution >= 0.6 is 11.6 Å². The van der Waals surface area contributed by atoms with E-state index in [9.17, 15) is 0 Å². The largest absolute Gasteiger partial charge is 0.355 e. The minimum absolute atomic E-state index is 0.180. The lowest BCUT2D eigenvalue weighted by atomic mass is 9.86. The first-order valence-electron chi connectivity index (χ1n) is 6.50. The summed E-state index contributed by atoms with van der Waals surface area (Å²) in [5.74, 6) is 0. The maximum Gasteiger partial charge on any atom is 0.0426 e. The van der Waals surface area contributed by atoms with Crippen LogP contribution in [0.15, 0.2) is 42.5 Å². The van der Waals surface area contributed by atoms with Gasteiger partial charge in [-0.2, -0.15) is 0 Å². The fraction of sp³-hybridized carbons (Fsp3) is 0.294. The first-order chi connectivity index (χ1) is 8.86. The molecule has 0 aliphatic rings. The third-order valence-corrected chi connectivity index (χ3v) is 3.43. The van der Waals surface area contributed by atoms with Gasteiger partial charge in [0.25, 0.3) is 0 Å². The van der Waals surface area contributed by atoms with Gasteiger partial charge in [-0.15, -0.1) is 0 Å². The molecule has 0 heterocycles. The maximum atomic E-state index is 6.00. The van der Waals surface area contributed by atoms with Gasteiger partial charge >= 0.3 is 0 Å². The lowest BCUT2D eigenvalue weighted by Gasteiger charge is -2.21. The second kappa shape index (κ2) is 5.26. The highest BCUT2D eigenvalue weighted by atomic mass is 35.5. The molecule has 0 unspecified atom stereocenters. The van der Waals surface area contributed by atoms with Gasteiger partial charge in [0.05, 0.1) is 0 Å². The van der Waals surface area contributed by atoms with Crippen LogP contribution in [0.2, 0.25) is 5.02 Å². The molecule has 0 fully saturated rings. The van der Waals surface area contributed by atoms with Gasteiger partial charge in [0, 0.05) is 16.4 Å². The van der Waals surface area contributed by atoms with Crippen LogP contribution in [0.1, 0.15) is 31.9 Å². The molecule has 2 aromatic carbocycles. The van der Waals surface area contributed by atoms with Gasteiger partial charge in [-0.05, 0) is 47.7 Å². The van der Waals surface area contributed by atoms with Gasteiger partial charge in [-0.25, -0.2) is 0 Å². The Morgan fingerprint density at radius 1 is 1.00 bits per heavy atom. The second-order valence-electron chi connectivity index (χ2n) is 5.92. The number of halogens is 1. The van der Waals surface area contributed by atoms with Crippen molar-refractivity contribution < 1.29 is 0 Å². The molecule has 0 aliphatic carbocycles. The fourth-order valence-electron chi connectivity index (χ4n) is 1.99. The molecular formula is C17H20ClN. The summed E-state index contributed by atoms with van der Waals surface area (Å²) in [5, 5.41) is 4.15. The van der Waals surface area contributed by atoms with E-state index < -0.39 is 0 Å². The van der Waals surface area contributed by atoms with Crippen LogP contribution in [0.4, 0.5) is 11.4 Å². The first kappa shape index (κ1) is 14.0. The number of hydrogen-bond donors (Lipinski definition) is 1. The van der Waals surface area contributed by atoms with Crippen molar-refractivity contribution in [3.8, 4) is 0 Å². The van der Waals surface area contributed by atoms with Gasteiger partial charge in [0.1, 0.15) is 0 Å². The van der Waals surface area contributed by atoms with E-state index in [1.54, 1.807) is 0 Å². The summed E-state index contributed by atoms with van der Waals surface area (Å²) in [6.45, 7) is 8.81. The third kappa shape index (κ3) is 3.51. The maximum absolute atomic E-state index is 6.00. The van der Waals surface area contributed by atoms with Crippen LogP contribution in [0.25, 0.3) is 0 Å². The van der Waals surface area contributed by atoms with E-state index in [0.29, 0.717) is 0 Å². The normalized spacial score (nSPS) is 11.4. The molecule has 2 rings (SSSR count). The van der Waals surface area contributed by atoms with Crippen LogP contribution in [0.5, 0.6) is 0 Å². The van der Waals surface area contributed by atoms with Crippen molar-refractivity contribution in [2.24, 2.45) is 0 Å². The summed E-state index contributed by atoms with van der Waals surface area (Å²) in [5.41, 5.74) is 4.91. The quantitative estimate of drug-likeness (QED) is 0.741. The molecule has 0 aliphatic heterocycles. The summed E-state index contributed by atoms with van der Waals surface area (Å²) < 4.78 is 0. The standard InChI is InChI=1S/C17H20ClN/c1-12-10-13(17(2,3)4)8-9-16(12)19-15-7-5-6-14(18)11-15/h5-11,19H,1-4H3. The van der Waals surface area contributed by atoms with Gasteiger partial charge in [0.2, 0.25) is 0 Å². The van der Waals surface area contributed by atoms with E-state index in [2.05, 4.69) is 51.2 Å². The minimum Gasteiger partial charge on any atom is -0.355 e. The number of hydrogen-bond acceptors (Lipinski definition) is 1. The Kier molecular flexibility index (Phi) is 3.86. The molecule has 0 saturated carbocycles. The van der Waals surface area contributed by atoms with E-state index in [1.807, 2.05) is 24.3 Å². The summed E-state index contributed by atoms with van der Waals surface area (Å²) in [7, 11) is 0. The Morgan fingerprint density at radius 2 is 1.74 bits per heavy atom.